The Morgan fingerprint density at radius 2 is 2.16 bits per heavy atom. The minimum atomic E-state index is 0.0321. The van der Waals surface area contributed by atoms with E-state index in [0.29, 0.717) is 26.0 Å². The predicted octanol–water partition coefficient (Wildman–Crippen LogP) is 2.62. The largest absolute Gasteiger partial charge is 0.494 e. The number of thiazole rings is 1. The molecule has 0 bridgehead atoms. The number of carbonyl (C=O) groups is 1. The highest BCUT2D eigenvalue weighted by Gasteiger charge is 2.02. The van der Waals surface area contributed by atoms with Crippen LogP contribution >= 0.6 is 11.3 Å². The molecular formula is C14H16N2O2S. The van der Waals surface area contributed by atoms with Gasteiger partial charge in [-0.2, -0.15) is 0 Å². The molecule has 0 saturated carbocycles. The van der Waals surface area contributed by atoms with Crippen LogP contribution in [0, 0.1) is 0 Å². The average molecular weight is 276 g/mol. The summed E-state index contributed by atoms with van der Waals surface area (Å²) in [6, 6.07) is 9.61. The number of amides is 1. The summed E-state index contributed by atoms with van der Waals surface area (Å²) in [5.41, 5.74) is 2.66. The number of benzene rings is 1. The number of nitrogens with one attached hydrogen (secondary N) is 1. The second-order valence-electron chi connectivity index (χ2n) is 4.02. The van der Waals surface area contributed by atoms with Gasteiger partial charge in [-0.3, -0.25) is 4.79 Å². The molecule has 0 aliphatic heterocycles. The quantitative estimate of drug-likeness (QED) is 0.791. The summed E-state index contributed by atoms with van der Waals surface area (Å²) in [6.07, 6.45) is 1.18. The number of hydrogen-bond acceptors (Lipinski definition) is 4. The van der Waals surface area contributed by atoms with Crippen molar-refractivity contribution in [3.05, 3.63) is 46.9 Å². The Morgan fingerprint density at radius 3 is 2.89 bits per heavy atom. The minimum Gasteiger partial charge on any atom is -0.494 e. The number of carbonyl (C=O) groups excluding carboxylic acids is 1. The molecule has 0 atom stereocenters. The first-order valence-corrected chi connectivity index (χ1v) is 7.10. The zero-order valence-electron chi connectivity index (χ0n) is 10.5. The van der Waals surface area contributed by atoms with E-state index >= 15 is 0 Å². The molecule has 1 aromatic heterocycles. The van der Waals surface area contributed by atoms with Crippen molar-refractivity contribution < 1.29 is 9.53 Å². The van der Waals surface area contributed by atoms with E-state index in [-0.39, 0.29) is 5.91 Å². The third-order valence-electron chi connectivity index (χ3n) is 2.51. The number of para-hydroxylation sites is 1. The SMILES string of the molecule is O=C(CCCOc1ccccc1)NCc1cscn1. The molecule has 0 spiro atoms. The highest BCUT2D eigenvalue weighted by Crippen LogP contribution is 2.08. The summed E-state index contributed by atoms with van der Waals surface area (Å²) in [6.45, 7) is 1.05. The molecule has 0 saturated heterocycles. The van der Waals surface area contributed by atoms with Crippen LogP contribution < -0.4 is 10.1 Å². The van der Waals surface area contributed by atoms with E-state index in [0.717, 1.165) is 11.4 Å². The molecule has 0 radical (unpaired) electrons. The number of rotatable bonds is 7. The lowest BCUT2D eigenvalue weighted by Crippen LogP contribution is -2.23. The van der Waals surface area contributed by atoms with Crippen LogP contribution in [-0.4, -0.2) is 17.5 Å². The van der Waals surface area contributed by atoms with Crippen molar-refractivity contribution in [1.82, 2.24) is 10.3 Å². The van der Waals surface area contributed by atoms with Crippen molar-refractivity contribution in [1.29, 1.82) is 0 Å². The molecule has 2 rings (SSSR count). The lowest BCUT2D eigenvalue weighted by molar-refractivity contribution is -0.121. The maximum Gasteiger partial charge on any atom is 0.220 e. The van der Waals surface area contributed by atoms with Gasteiger partial charge in [0.2, 0.25) is 5.91 Å². The molecule has 0 unspecified atom stereocenters. The Kier molecular flexibility index (Phi) is 5.37. The molecular weight excluding hydrogens is 260 g/mol. The summed E-state index contributed by atoms with van der Waals surface area (Å²) in [5.74, 6) is 0.870. The van der Waals surface area contributed by atoms with Crippen molar-refractivity contribution in [2.75, 3.05) is 6.61 Å². The summed E-state index contributed by atoms with van der Waals surface area (Å²) in [5, 5.41) is 4.76. The Morgan fingerprint density at radius 1 is 1.32 bits per heavy atom. The van der Waals surface area contributed by atoms with Gasteiger partial charge in [0.1, 0.15) is 5.75 Å². The molecule has 1 heterocycles. The molecule has 2 aromatic rings. The summed E-state index contributed by atoms with van der Waals surface area (Å²) in [7, 11) is 0. The summed E-state index contributed by atoms with van der Waals surface area (Å²) in [4.78, 5) is 15.7. The van der Waals surface area contributed by atoms with Gasteiger partial charge in [0.25, 0.3) is 0 Å². The van der Waals surface area contributed by atoms with Gasteiger partial charge in [0.05, 0.1) is 24.4 Å². The fraction of sp³-hybridized carbons (Fsp3) is 0.286. The molecule has 0 aliphatic rings. The van der Waals surface area contributed by atoms with Crippen molar-refractivity contribution >= 4 is 17.2 Å². The normalized spacial score (nSPS) is 10.1. The van der Waals surface area contributed by atoms with E-state index in [1.165, 1.54) is 11.3 Å². The number of aromatic nitrogens is 1. The molecule has 1 N–H and O–H groups in total. The van der Waals surface area contributed by atoms with E-state index < -0.39 is 0 Å². The lowest BCUT2D eigenvalue weighted by Gasteiger charge is -2.06. The number of hydrogen-bond donors (Lipinski definition) is 1. The maximum atomic E-state index is 11.6. The summed E-state index contributed by atoms with van der Waals surface area (Å²) >= 11 is 1.53. The van der Waals surface area contributed by atoms with E-state index in [1.807, 2.05) is 35.7 Å². The van der Waals surface area contributed by atoms with Crippen LogP contribution in [0.3, 0.4) is 0 Å². The van der Waals surface area contributed by atoms with Crippen LogP contribution in [0.2, 0.25) is 0 Å². The first-order valence-electron chi connectivity index (χ1n) is 6.16. The van der Waals surface area contributed by atoms with Gasteiger partial charge in [-0.05, 0) is 18.6 Å². The smallest absolute Gasteiger partial charge is 0.220 e. The third kappa shape index (κ3) is 5.09. The first-order chi connectivity index (χ1) is 9.34. The van der Waals surface area contributed by atoms with Crippen LogP contribution in [0.1, 0.15) is 18.5 Å². The van der Waals surface area contributed by atoms with Crippen molar-refractivity contribution in [2.24, 2.45) is 0 Å². The van der Waals surface area contributed by atoms with E-state index in [2.05, 4.69) is 10.3 Å². The predicted molar refractivity (Wildman–Crippen MR) is 75.1 cm³/mol. The van der Waals surface area contributed by atoms with Crippen LogP contribution in [0.25, 0.3) is 0 Å². The van der Waals surface area contributed by atoms with Gasteiger partial charge >= 0.3 is 0 Å². The van der Waals surface area contributed by atoms with Crippen LogP contribution in [0.15, 0.2) is 41.2 Å². The van der Waals surface area contributed by atoms with Crippen molar-refractivity contribution in [3.63, 3.8) is 0 Å². The summed E-state index contributed by atoms with van der Waals surface area (Å²) < 4.78 is 5.52. The third-order valence-corrected chi connectivity index (χ3v) is 3.15. The molecule has 5 heteroatoms. The van der Waals surface area contributed by atoms with Gasteiger partial charge < -0.3 is 10.1 Å². The Balaban J connectivity index is 1.57. The fourth-order valence-electron chi connectivity index (χ4n) is 1.54. The topological polar surface area (TPSA) is 51.2 Å². The van der Waals surface area contributed by atoms with Crippen LogP contribution in [0.4, 0.5) is 0 Å². The number of ether oxygens (including phenoxy) is 1. The van der Waals surface area contributed by atoms with Crippen molar-refractivity contribution in [3.8, 4) is 5.75 Å². The second-order valence-corrected chi connectivity index (χ2v) is 4.74. The molecule has 1 amide bonds. The van der Waals surface area contributed by atoms with E-state index in [9.17, 15) is 4.79 Å². The molecule has 4 nitrogen and oxygen atoms in total. The zero-order valence-corrected chi connectivity index (χ0v) is 11.4. The van der Waals surface area contributed by atoms with Crippen LogP contribution in [0.5, 0.6) is 5.75 Å². The highest BCUT2D eigenvalue weighted by molar-refractivity contribution is 7.07. The average Bonchev–Trinajstić information content (AvgIpc) is 2.96. The van der Waals surface area contributed by atoms with Gasteiger partial charge in [-0.15, -0.1) is 11.3 Å². The maximum absolute atomic E-state index is 11.6. The standard InChI is InChI=1S/C14H16N2O2S/c17-14(15-9-12-10-19-11-16-12)7-4-8-18-13-5-2-1-3-6-13/h1-3,5-6,10-11H,4,7-9H2,(H,15,17). The van der Waals surface area contributed by atoms with Gasteiger partial charge in [-0.25, -0.2) is 4.98 Å². The van der Waals surface area contributed by atoms with Crippen molar-refractivity contribution in [2.45, 2.75) is 19.4 Å². The van der Waals surface area contributed by atoms with Gasteiger partial charge in [0, 0.05) is 11.8 Å². The second kappa shape index (κ2) is 7.53. The Labute approximate surface area is 116 Å². The van der Waals surface area contributed by atoms with Gasteiger partial charge in [-0.1, -0.05) is 18.2 Å². The van der Waals surface area contributed by atoms with E-state index in [1.54, 1.807) is 5.51 Å². The molecule has 1 aromatic carbocycles. The van der Waals surface area contributed by atoms with Crippen LogP contribution in [-0.2, 0) is 11.3 Å². The monoisotopic (exact) mass is 276 g/mol. The number of nitrogens with zero attached hydrogens (tertiary/aromatic N) is 1. The molecule has 0 fully saturated rings. The zero-order chi connectivity index (χ0) is 13.3. The van der Waals surface area contributed by atoms with E-state index in [4.69, 9.17) is 4.74 Å². The first kappa shape index (κ1) is 13.5. The molecule has 0 aliphatic carbocycles. The Hall–Kier alpha value is -1.88. The van der Waals surface area contributed by atoms with Gasteiger partial charge in [0.15, 0.2) is 0 Å². The molecule has 100 valence electrons. The molecule has 19 heavy (non-hydrogen) atoms. The fourth-order valence-corrected chi connectivity index (χ4v) is 2.10. The highest BCUT2D eigenvalue weighted by atomic mass is 32.1. The minimum absolute atomic E-state index is 0.0321. The lowest BCUT2D eigenvalue weighted by atomic mass is 10.3. The Bertz CT molecular complexity index is 485.